The molecule has 0 spiro atoms. The van der Waals surface area contributed by atoms with Gasteiger partial charge in [0.05, 0.1) is 5.60 Å². The van der Waals surface area contributed by atoms with Crippen LogP contribution < -0.4 is 0 Å². The first-order chi connectivity index (χ1) is 12.8. The molecule has 2 aliphatic heterocycles. The van der Waals surface area contributed by atoms with E-state index < -0.39 is 5.60 Å². The molecule has 2 fully saturated rings. The van der Waals surface area contributed by atoms with Gasteiger partial charge in [-0.05, 0) is 80.1 Å². The summed E-state index contributed by atoms with van der Waals surface area (Å²) in [5.74, 6) is 1.45. The summed E-state index contributed by atoms with van der Waals surface area (Å²) in [7, 11) is 0. The Morgan fingerprint density at radius 2 is 2.04 bits per heavy atom. The van der Waals surface area contributed by atoms with Crippen LogP contribution in [0.3, 0.4) is 0 Å². The van der Waals surface area contributed by atoms with Crippen LogP contribution in [-0.4, -0.2) is 28.7 Å². The van der Waals surface area contributed by atoms with Crippen molar-refractivity contribution < 1.29 is 5.11 Å². The number of aliphatic hydroxyl groups is 1. The van der Waals surface area contributed by atoms with Crippen LogP contribution in [-0.2, 0) is 0 Å². The van der Waals surface area contributed by atoms with Crippen molar-refractivity contribution in [3.8, 4) is 0 Å². The van der Waals surface area contributed by atoms with E-state index in [1.165, 1.54) is 43.4 Å². The number of hydrogen-bond donors (Lipinski definition) is 1. The molecule has 136 valence electrons. The van der Waals surface area contributed by atoms with Crippen molar-refractivity contribution in [3.05, 3.63) is 58.4 Å². The first kappa shape index (κ1) is 15.5. The first-order valence-electron chi connectivity index (χ1n) is 10.7. The monoisotopic (exact) mass is 347 g/mol. The maximum absolute atomic E-state index is 12.0. The molecule has 0 bridgehead atoms. The summed E-state index contributed by atoms with van der Waals surface area (Å²) in [5.41, 5.74) is 7.40. The van der Waals surface area contributed by atoms with Crippen LogP contribution in [0.5, 0.6) is 0 Å². The fourth-order valence-corrected chi connectivity index (χ4v) is 6.58. The Balaban J connectivity index is 1.58. The Bertz CT molecular complexity index is 806. The molecule has 26 heavy (non-hydrogen) atoms. The molecule has 0 radical (unpaired) electrons. The normalized spacial score (nSPS) is 38.5. The molecule has 0 aromatic rings. The Morgan fingerprint density at radius 1 is 1.12 bits per heavy atom. The Morgan fingerprint density at radius 3 is 2.92 bits per heavy atom. The first-order valence-corrected chi connectivity index (χ1v) is 10.7. The summed E-state index contributed by atoms with van der Waals surface area (Å²) in [6, 6.07) is 0. The Hall–Kier alpha value is -1.54. The fourth-order valence-electron chi connectivity index (χ4n) is 6.58. The quantitative estimate of drug-likeness (QED) is 0.746. The average molecular weight is 348 g/mol. The van der Waals surface area contributed by atoms with E-state index in [9.17, 15) is 5.11 Å². The zero-order valence-electron chi connectivity index (χ0n) is 15.6. The van der Waals surface area contributed by atoms with E-state index in [-0.39, 0.29) is 0 Å². The molecule has 3 unspecified atom stereocenters. The van der Waals surface area contributed by atoms with Crippen molar-refractivity contribution in [2.45, 2.75) is 57.0 Å². The van der Waals surface area contributed by atoms with Crippen LogP contribution in [0, 0.1) is 17.8 Å². The molecule has 2 nitrogen and oxygen atoms in total. The van der Waals surface area contributed by atoms with E-state index in [0.717, 1.165) is 32.4 Å². The number of nitrogens with zero attached hydrogens (tertiary/aromatic N) is 1. The van der Waals surface area contributed by atoms with E-state index in [4.69, 9.17) is 0 Å². The average Bonchev–Trinajstić information content (AvgIpc) is 3.53. The highest BCUT2D eigenvalue weighted by molar-refractivity contribution is 5.56. The van der Waals surface area contributed by atoms with Gasteiger partial charge in [-0.25, -0.2) is 0 Å². The lowest BCUT2D eigenvalue weighted by Gasteiger charge is -2.44. The standard InChI is InChI=1S/C24H29NO/c26-24(17-11-12-17)14-16-6-5-8-19-22-10-3-4-13-25(22)15-20(23(16)19)18-7-1-2-9-21(18)24/h1,3-4,7,10,17,19,21,26H,2,5-6,8-9,11-15H2. The van der Waals surface area contributed by atoms with Gasteiger partial charge in [0.1, 0.15) is 0 Å². The molecule has 0 amide bonds. The molecular weight excluding hydrogens is 318 g/mol. The van der Waals surface area contributed by atoms with Crippen molar-refractivity contribution in [3.63, 3.8) is 0 Å². The number of rotatable bonds is 1. The topological polar surface area (TPSA) is 23.5 Å². The lowest BCUT2D eigenvalue weighted by Crippen LogP contribution is -2.42. The second kappa shape index (κ2) is 5.48. The molecule has 2 heteroatoms. The third kappa shape index (κ3) is 2.08. The van der Waals surface area contributed by atoms with Gasteiger partial charge in [0.2, 0.25) is 0 Å². The molecule has 1 N–H and O–H groups in total. The van der Waals surface area contributed by atoms with E-state index in [0.29, 0.717) is 17.8 Å². The molecule has 1 saturated heterocycles. The van der Waals surface area contributed by atoms with Crippen LogP contribution in [0.4, 0.5) is 0 Å². The lowest BCUT2D eigenvalue weighted by molar-refractivity contribution is -0.0282. The summed E-state index contributed by atoms with van der Waals surface area (Å²) in [6.07, 6.45) is 21.1. The van der Waals surface area contributed by atoms with Crippen molar-refractivity contribution >= 4 is 0 Å². The highest BCUT2D eigenvalue weighted by atomic mass is 16.3. The van der Waals surface area contributed by atoms with Gasteiger partial charge in [0.25, 0.3) is 0 Å². The van der Waals surface area contributed by atoms with Gasteiger partial charge >= 0.3 is 0 Å². The summed E-state index contributed by atoms with van der Waals surface area (Å²) in [6.45, 7) is 2.09. The largest absolute Gasteiger partial charge is 0.389 e. The van der Waals surface area contributed by atoms with Gasteiger partial charge in [0.15, 0.2) is 0 Å². The predicted molar refractivity (Wildman–Crippen MR) is 104 cm³/mol. The van der Waals surface area contributed by atoms with Gasteiger partial charge in [-0.15, -0.1) is 0 Å². The fraction of sp³-hybridized carbons (Fsp3) is 0.583. The number of hydrogen-bond acceptors (Lipinski definition) is 2. The van der Waals surface area contributed by atoms with E-state index in [1.54, 1.807) is 16.7 Å². The number of piperidine rings is 1. The zero-order chi connectivity index (χ0) is 17.3. The molecule has 1 saturated carbocycles. The summed E-state index contributed by atoms with van der Waals surface area (Å²) in [5, 5.41) is 12.0. The molecule has 6 aliphatic rings. The summed E-state index contributed by atoms with van der Waals surface area (Å²) < 4.78 is 0. The maximum atomic E-state index is 12.0. The van der Waals surface area contributed by atoms with E-state index in [2.05, 4.69) is 35.3 Å². The van der Waals surface area contributed by atoms with Crippen molar-refractivity contribution in [1.29, 1.82) is 0 Å². The SMILES string of the molecule is OC1(C2CC2)CC2=C3C(=C4C=CCCC41)CN1CC=CC=C1C3CCC2. The minimum absolute atomic E-state index is 0.354. The van der Waals surface area contributed by atoms with Crippen molar-refractivity contribution in [2.24, 2.45) is 17.8 Å². The van der Waals surface area contributed by atoms with Crippen molar-refractivity contribution in [1.82, 2.24) is 4.90 Å². The zero-order valence-corrected chi connectivity index (χ0v) is 15.6. The van der Waals surface area contributed by atoms with E-state index >= 15 is 0 Å². The lowest BCUT2D eigenvalue weighted by atomic mass is 9.71. The Kier molecular flexibility index (Phi) is 3.27. The van der Waals surface area contributed by atoms with E-state index in [1.807, 2.05) is 0 Å². The highest BCUT2D eigenvalue weighted by Gasteiger charge is 2.53. The molecular formula is C24H29NO. The maximum Gasteiger partial charge on any atom is 0.0781 e. The molecule has 4 aliphatic carbocycles. The van der Waals surface area contributed by atoms with Gasteiger partial charge in [-0.3, -0.25) is 0 Å². The predicted octanol–water partition coefficient (Wildman–Crippen LogP) is 4.66. The second-order valence-electron chi connectivity index (χ2n) is 9.27. The van der Waals surface area contributed by atoms with Crippen LogP contribution in [0.2, 0.25) is 0 Å². The molecule has 0 aromatic heterocycles. The Labute approximate surface area is 156 Å². The molecule has 3 atom stereocenters. The van der Waals surface area contributed by atoms with Crippen molar-refractivity contribution in [2.75, 3.05) is 13.1 Å². The molecule has 6 rings (SSSR count). The van der Waals surface area contributed by atoms with Crippen LogP contribution >= 0.6 is 0 Å². The number of fused-ring (bicyclic) bond motifs is 3. The third-order valence-electron chi connectivity index (χ3n) is 7.85. The van der Waals surface area contributed by atoms with Gasteiger partial charge in [-0.1, -0.05) is 29.9 Å². The summed E-state index contributed by atoms with van der Waals surface area (Å²) in [4.78, 5) is 2.60. The van der Waals surface area contributed by atoms with Gasteiger partial charge < -0.3 is 10.0 Å². The van der Waals surface area contributed by atoms with Gasteiger partial charge in [0, 0.05) is 30.6 Å². The number of allylic oxidation sites excluding steroid dienone is 5. The molecule has 2 heterocycles. The second-order valence-corrected chi connectivity index (χ2v) is 9.27. The summed E-state index contributed by atoms with van der Waals surface area (Å²) >= 11 is 0. The third-order valence-corrected chi connectivity index (χ3v) is 7.85. The highest BCUT2D eigenvalue weighted by Crippen LogP contribution is 2.58. The van der Waals surface area contributed by atoms with Crippen LogP contribution in [0.15, 0.2) is 58.4 Å². The minimum atomic E-state index is -0.484. The van der Waals surface area contributed by atoms with Crippen LogP contribution in [0.25, 0.3) is 0 Å². The minimum Gasteiger partial charge on any atom is -0.389 e. The van der Waals surface area contributed by atoms with Gasteiger partial charge in [-0.2, -0.15) is 0 Å². The smallest absolute Gasteiger partial charge is 0.0781 e. The molecule has 0 aromatic carbocycles. The van der Waals surface area contributed by atoms with Crippen LogP contribution in [0.1, 0.15) is 51.4 Å².